The van der Waals surface area contributed by atoms with Crippen molar-refractivity contribution in [3.8, 4) is 39.3 Å². The predicted molar refractivity (Wildman–Crippen MR) is 258 cm³/mol. The third-order valence-corrected chi connectivity index (χ3v) is 13.8. The lowest BCUT2D eigenvalue weighted by molar-refractivity contribution is -0.141. The topological polar surface area (TPSA) is 244 Å². The second kappa shape index (κ2) is 21.6. The van der Waals surface area contributed by atoms with Gasteiger partial charge in [-0.2, -0.15) is 4.98 Å². The first-order valence-electron chi connectivity index (χ1n) is 23.1. The number of thiazole rings is 1. The number of hydrogen-bond donors (Lipinski definition) is 5. The van der Waals surface area contributed by atoms with Gasteiger partial charge in [-0.1, -0.05) is 67.2 Å². The Morgan fingerprint density at radius 3 is 2.46 bits per heavy atom. The van der Waals surface area contributed by atoms with E-state index in [-0.39, 0.29) is 79.7 Å². The lowest BCUT2D eigenvalue weighted by Gasteiger charge is -2.39. The van der Waals surface area contributed by atoms with Crippen LogP contribution in [-0.4, -0.2) is 120 Å². The molecule has 0 spiro atoms. The van der Waals surface area contributed by atoms with E-state index in [4.69, 9.17) is 29.6 Å². The highest BCUT2D eigenvalue weighted by Gasteiger charge is 2.44. The van der Waals surface area contributed by atoms with Crippen LogP contribution in [0.2, 0.25) is 0 Å². The highest BCUT2D eigenvalue weighted by Crippen LogP contribution is 2.35. The third-order valence-electron chi connectivity index (χ3n) is 12.9. The van der Waals surface area contributed by atoms with Crippen LogP contribution in [0, 0.1) is 24.7 Å². The summed E-state index contributed by atoms with van der Waals surface area (Å²) in [5.41, 5.74) is 12.8. The number of anilines is 2. The van der Waals surface area contributed by atoms with Gasteiger partial charge in [0.25, 0.3) is 6.47 Å². The van der Waals surface area contributed by atoms with Crippen LogP contribution in [0.15, 0.2) is 77.0 Å². The number of carbonyl (C=O) groups is 3. The smallest absolute Gasteiger partial charge is 0.290 e. The van der Waals surface area contributed by atoms with Gasteiger partial charge in [0.1, 0.15) is 30.1 Å². The van der Waals surface area contributed by atoms with Crippen molar-refractivity contribution < 1.29 is 43.7 Å². The van der Waals surface area contributed by atoms with E-state index < -0.39 is 18.1 Å². The van der Waals surface area contributed by atoms with Crippen LogP contribution in [0.5, 0.6) is 5.75 Å². The number of imidazole rings is 1. The molecule has 6 aromatic rings. The number of phenols is 1. The van der Waals surface area contributed by atoms with Crippen molar-refractivity contribution in [2.24, 2.45) is 5.92 Å². The van der Waals surface area contributed by atoms with Crippen molar-refractivity contribution in [3.05, 3.63) is 95.1 Å². The van der Waals surface area contributed by atoms with E-state index in [0.29, 0.717) is 34.2 Å². The van der Waals surface area contributed by atoms with Gasteiger partial charge >= 0.3 is 0 Å². The molecule has 6 N–H and O–H groups in total. The average molecular weight is 960 g/mol. The molecule has 1 unspecified atom stereocenters. The average Bonchev–Trinajstić information content (AvgIpc) is 4.15. The summed E-state index contributed by atoms with van der Waals surface area (Å²) in [5, 5.41) is 35.3. The zero-order valence-corrected chi connectivity index (χ0v) is 39.7. The molecule has 4 aromatic heterocycles. The number of β-amino-alcohol motifs (C(OH)–C–C–N with tert-alkyl or cyclic N) is 1. The Bertz CT molecular complexity index is 2800. The number of rotatable bonds is 13. The van der Waals surface area contributed by atoms with E-state index in [9.17, 15) is 19.8 Å². The number of carbonyl (C=O) groups excluding carboxylic acids is 2. The molecule has 4 atom stereocenters. The van der Waals surface area contributed by atoms with E-state index in [1.165, 1.54) is 4.90 Å². The summed E-state index contributed by atoms with van der Waals surface area (Å²) in [6.45, 7) is 9.32. The Labute approximate surface area is 403 Å². The van der Waals surface area contributed by atoms with Crippen molar-refractivity contribution in [2.75, 3.05) is 36.9 Å². The second-order valence-corrected chi connectivity index (χ2v) is 18.8. The minimum atomic E-state index is -0.816. The molecule has 1 aliphatic carbocycles. The van der Waals surface area contributed by atoms with Gasteiger partial charge in [-0.15, -0.1) is 11.3 Å². The van der Waals surface area contributed by atoms with Crippen LogP contribution in [0.3, 0.4) is 0 Å². The Morgan fingerprint density at radius 2 is 1.77 bits per heavy atom. The fourth-order valence-electron chi connectivity index (χ4n) is 9.09. The van der Waals surface area contributed by atoms with E-state index in [1.807, 2.05) is 69.6 Å². The van der Waals surface area contributed by atoms with Crippen molar-refractivity contribution in [1.29, 1.82) is 0 Å². The number of aromatic nitrogens is 5. The molecular weight excluding hydrogens is 903 g/mol. The first-order chi connectivity index (χ1) is 33.3. The number of nitrogens with zero attached hydrogens (tertiary/aromatic N) is 7. The summed E-state index contributed by atoms with van der Waals surface area (Å²) in [6, 6.07) is 15.8. The van der Waals surface area contributed by atoms with E-state index in [0.717, 1.165) is 60.5 Å². The number of nitrogens with two attached hydrogens (primary N) is 1. The molecule has 19 heteroatoms. The lowest BCUT2D eigenvalue weighted by atomic mass is 9.91. The maximum Gasteiger partial charge on any atom is 0.290 e. The van der Waals surface area contributed by atoms with Gasteiger partial charge in [0, 0.05) is 62.9 Å². The number of aliphatic hydroxyl groups excluding tert-OH is 1. The van der Waals surface area contributed by atoms with Gasteiger partial charge in [-0.25, -0.2) is 9.97 Å². The van der Waals surface area contributed by atoms with E-state index >= 15 is 0 Å². The van der Waals surface area contributed by atoms with Crippen molar-refractivity contribution in [1.82, 2.24) is 34.7 Å². The summed E-state index contributed by atoms with van der Waals surface area (Å²) in [7, 11) is 0. The highest BCUT2D eigenvalue weighted by atomic mass is 32.1. The number of nitrogens with one attached hydrogen (secondary N) is 1. The first kappa shape index (κ1) is 48.6. The molecular formula is C50H57N9O9S. The predicted octanol–water partition coefficient (Wildman–Crippen LogP) is 5.97. The van der Waals surface area contributed by atoms with Crippen molar-refractivity contribution in [2.45, 2.75) is 102 Å². The molecule has 3 aliphatic rings. The number of likely N-dealkylation sites (tertiary alicyclic amines) is 1. The van der Waals surface area contributed by atoms with Crippen LogP contribution in [0.25, 0.3) is 27.5 Å². The minimum absolute atomic E-state index is 0.0663. The SMILES string of the molecule is Cc1ncsc1-c1ccc([C@H](C)NC(=O)[C@@H]2C[C@@H](O)CN2C(=O)C(c2cc(N3CCC(OC4CC(OCC#Cc5cn6cc(-c7ccccc7O)nc6nc5N)C4)CC3)no2)C(C)C)cc1.O=CO. The molecule has 6 heterocycles. The number of aromatic hydroxyl groups is 1. The lowest BCUT2D eigenvalue weighted by Crippen LogP contribution is -2.48. The van der Waals surface area contributed by atoms with Crippen molar-refractivity contribution in [3.63, 3.8) is 0 Å². The van der Waals surface area contributed by atoms with Gasteiger partial charge in [-0.05, 0) is 55.9 Å². The largest absolute Gasteiger partial charge is 0.507 e. The van der Waals surface area contributed by atoms with Crippen LogP contribution >= 0.6 is 11.3 Å². The Morgan fingerprint density at radius 1 is 1.03 bits per heavy atom. The molecule has 18 nitrogen and oxygen atoms in total. The molecule has 1 saturated carbocycles. The van der Waals surface area contributed by atoms with Gasteiger partial charge in [0.05, 0.1) is 57.8 Å². The summed E-state index contributed by atoms with van der Waals surface area (Å²) in [5.74, 6) is 6.66. The summed E-state index contributed by atoms with van der Waals surface area (Å²) < 4.78 is 20.1. The number of ether oxygens (including phenoxy) is 2. The molecule has 2 saturated heterocycles. The maximum atomic E-state index is 14.3. The molecule has 2 aliphatic heterocycles. The van der Waals surface area contributed by atoms with E-state index in [1.54, 1.807) is 46.3 Å². The molecule has 69 heavy (non-hydrogen) atoms. The van der Waals surface area contributed by atoms with Crippen molar-refractivity contribution >= 4 is 47.0 Å². The normalized spacial score (nSPS) is 20.1. The number of amides is 2. The quantitative estimate of drug-likeness (QED) is 0.0662. The molecule has 362 valence electrons. The molecule has 0 bridgehead atoms. The standard InChI is InChI=1S/C49H55N9O7S.CH2O2/c1-28(2)44(48(62)58-25-34(59)20-40(58)47(61)52-29(3)31-11-13-32(14-12-31)45-30(4)51-27-66-45)42-23-43(55-65-42)56-17-15-35(16-18-56)64-37-21-36(22-37)63-19-7-8-33-24-57-26-39(53-49(57)54-46(33)50)38-9-5-6-10-41(38)60;2-1-3/h5-6,9-14,23-24,26-29,34-37,40,44,59-60H,15-22,25H2,1-4H3,(H,52,61)(H2,50,53,54);1H,(H,2,3)/t29-,34+,36?,37?,40-,44?;/m0./s1. The fourth-order valence-corrected chi connectivity index (χ4v) is 9.90. The third kappa shape index (κ3) is 11.2. The number of benzene rings is 2. The van der Waals surface area contributed by atoms with Gasteiger partial charge < -0.3 is 50.2 Å². The monoisotopic (exact) mass is 959 g/mol. The summed E-state index contributed by atoms with van der Waals surface area (Å²) >= 11 is 1.59. The summed E-state index contributed by atoms with van der Waals surface area (Å²) in [4.78, 5) is 54.4. The first-order valence-corrected chi connectivity index (χ1v) is 24.0. The minimum Gasteiger partial charge on any atom is -0.507 e. The van der Waals surface area contributed by atoms with Gasteiger partial charge in [0.2, 0.25) is 17.6 Å². The van der Waals surface area contributed by atoms with Crippen LogP contribution in [0.1, 0.15) is 87.4 Å². The van der Waals surface area contributed by atoms with Gasteiger partial charge in [0.15, 0.2) is 11.6 Å². The zero-order chi connectivity index (χ0) is 48.8. The molecule has 9 rings (SSSR count). The molecule has 2 aromatic carbocycles. The number of hydrogen-bond acceptors (Lipinski definition) is 15. The molecule has 2 amide bonds. The number of nitrogen functional groups attached to an aromatic ring is 1. The highest BCUT2D eigenvalue weighted by molar-refractivity contribution is 7.13. The summed E-state index contributed by atoms with van der Waals surface area (Å²) in [6.07, 6.45) is 6.46. The second-order valence-electron chi connectivity index (χ2n) is 18.0. The van der Waals surface area contributed by atoms with Gasteiger partial charge in [-0.3, -0.25) is 18.8 Å². The maximum absolute atomic E-state index is 14.3. The number of fused-ring (bicyclic) bond motifs is 1. The Balaban J connectivity index is 0.00000209. The number of aryl methyl sites for hydroxylation is 1. The zero-order valence-electron chi connectivity index (χ0n) is 38.9. The van der Waals surface area contributed by atoms with E-state index in [2.05, 4.69) is 42.2 Å². The Hall–Kier alpha value is -6.85. The molecule has 0 radical (unpaired) electrons. The number of carboxylic acid groups (broad SMARTS) is 1. The van der Waals surface area contributed by atoms with Crippen LogP contribution < -0.4 is 16.0 Å². The number of phenolic OH excluding ortho intramolecular Hbond substituents is 1. The fraction of sp³-hybridized carbons (Fsp3) is 0.420. The number of aliphatic hydroxyl groups is 1. The number of para-hydroxylation sites is 1. The molecule has 3 fully saturated rings. The van der Waals surface area contributed by atoms with Crippen LogP contribution in [-0.2, 0) is 23.9 Å². The van der Waals surface area contributed by atoms with Crippen LogP contribution in [0.4, 0.5) is 11.6 Å². The Kier molecular flexibility index (Phi) is 15.2. The number of piperidine rings is 1.